The number of benzene rings is 2. The quantitative estimate of drug-likeness (QED) is 0.412. The Bertz CT molecular complexity index is 977. The molecule has 3 rings (SSSR count). The smallest absolute Gasteiger partial charge is 0.260 e. The second-order valence-corrected chi connectivity index (χ2v) is 9.05. The predicted molar refractivity (Wildman–Crippen MR) is 126 cm³/mol. The molecule has 3 aromatic rings. The first kappa shape index (κ1) is 23.1. The maximum absolute atomic E-state index is 13.2. The number of halogens is 3. The first-order chi connectivity index (χ1) is 12.8. The molecule has 0 spiro atoms. The van der Waals surface area contributed by atoms with Crippen LogP contribution >= 0.6 is 51.3 Å². The maximum atomic E-state index is 13.2. The van der Waals surface area contributed by atoms with Crippen LogP contribution in [0, 0.1) is 6.92 Å². The highest BCUT2D eigenvalue weighted by Gasteiger charge is 2.22. The van der Waals surface area contributed by atoms with Crippen molar-refractivity contribution in [3.8, 4) is 0 Å². The molecule has 0 atom stereocenters. The number of carbonyl (C=O) groups is 1. The van der Waals surface area contributed by atoms with Gasteiger partial charge in [0.05, 0.1) is 10.2 Å². The fourth-order valence-electron chi connectivity index (χ4n) is 2.86. The first-order valence-electron chi connectivity index (χ1n) is 8.64. The second-order valence-electron chi connectivity index (χ2n) is 6.69. The molecule has 0 saturated heterocycles. The Hall–Kier alpha value is -1.18. The van der Waals surface area contributed by atoms with Gasteiger partial charge >= 0.3 is 0 Å². The molecule has 0 aliphatic carbocycles. The van der Waals surface area contributed by atoms with Crippen molar-refractivity contribution in [1.82, 2.24) is 9.88 Å². The van der Waals surface area contributed by atoms with Gasteiger partial charge < -0.3 is 4.90 Å². The molecule has 1 heterocycles. The zero-order valence-electron chi connectivity index (χ0n) is 15.9. The van der Waals surface area contributed by atoms with Crippen LogP contribution in [0.5, 0.6) is 0 Å². The number of aryl methyl sites for hydroxylation is 1. The Kier molecular flexibility index (Phi) is 8.28. The minimum absolute atomic E-state index is 0. The zero-order chi connectivity index (χ0) is 19.6. The van der Waals surface area contributed by atoms with Crippen LogP contribution in [0.15, 0.2) is 40.9 Å². The molecular weight excluding hydrogens is 481 g/mol. The maximum Gasteiger partial charge on any atom is 0.260 e. The Morgan fingerprint density at radius 1 is 1.21 bits per heavy atom. The largest absolute Gasteiger partial charge is 0.309 e. The van der Waals surface area contributed by atoms with Crippen LogP contribution in [0.4, 0.5) is 5.13 Å². The van der Waals surface area contributed by atoms with Gasteiger partial charge in [-0.2, -0.15) is 0 Å². The number of fused-ring (bicyclic) bond motifs is 1. The van der Waals surface area contributed by atoms with Crippen molar-refractivity contribution < 1.29 is 4.79 Å². The average molecular weight is 503 g/mol. The topological polar surface area (TPSA) is 36.4 Å². The summed E-state index contributed by atoms with van der Waals surface area (Å²) in [6.07, 6.45) is 0.863. The molecule has 2 aromatic carbocycles. The van der Waals surface area contributed by atoms with Crippen LogP contribution in [-0.2, 0) is 0 Å². The van der Waals surface area contributed by atoms with E-state index in [1.807, 2.05) is 57.4 Å². The van der Waals surface area contributed by atoms with E-state index in [0.717, 1.165) is 33.2 Å². The van der Waals surface area contributed by atoms with Crippen molar-refractivity contribution >= 4 is 72.5 Å². The van der Waals surface area contributed by atoms with Crippen molar-refractivity contribution in [1.29, 1.82) is 0 Å². The van der Waals surface area contributed by atoms with Crippen molar-refractivity contribution in [2.45, 2.75) is 13.3 Å². The van der Waals surface area contributed by atoms with Crippen molar-refractivity contribution in [3.63, 3.8) is 0 Å². The van der Waals surface area contributed by atoms with Gasteiger partial charge in [0, 0.05) is 21.6 Å². The molecule has 0 bridgehead atoms. The molecule has 0 fully saturated rings. The Balaban J connectivity index is 0.00000280. The standard InChI is InChI=1S/C20H21BrClN3OS.ClH/c1-13-10-16(22)12-17-18(13)23-20(27-17)25(9-5-8-24(2)3)19(26)14-6-4-7-15(21)11-14;/h4,6-7,10-12H,5,8-9H2,1-3H3;1H. The molecule has 0 unspecified atom stereocenters. The summed E-state index contributed by atoms with van der Waals surface area (Å²) in [5.74, 6) is -0.0436. The van der Waals surface area contributed by atoms with Gasteiger partial charge in [0.1, 0.15) is 0 Å². The Morgan fingerprint density at radius 2 is 1.96 bits per heavy atom. The lowest BCUT2D eigenvalue weighted by atomic mass is 10.2. The highest BCUT2D eigenvalue weighted by atomic mass is 79.9. The SMILES string of the molecule is Cc1cc(Cl)cc2sc(N(CCCN(C)C)C(=O)c3cccc(Br)c3)nc12.Cl. The van der Waals surface area contributed by atoms with Crippen LogP contribution in [0.3, 0.4) is 0 Å². The van der Waals surface area contributed by atoms with E-state index in [4.69, 9.17) is 16.6 Å². The summed E-state index contributed by atoms with van der Waals surface area (Å²) in [6.45, 7) is 3.50. The predicted octanol–water partition coefficient (Wildman–Crippen LogP) is 6.04. The number of anilines is 1. The molecule has 0 N–H and O–H groups in total. The minimum atomic E-state index is -0.0436. The summed E-state index contributed by atoms with van der Waals surface area (Å²) < 4.78 is 1.88. The molecule has 8 heteroatoms. The third-order valence-electron chi connectivity index (χ3n) is 4.17. The summed E-state index contributed by atoms with van der Waals surface area (Å²) in [6, 6.07) is 11.3. The number of rotatable bonds is 6. The van der Waals surface area contributed by atoms with E-state index in [1.54, 1.807) is 4.90 Å². The van der Waals surface area contributed by atoms with E-state index in [2.05, 4.69) is 20.8 Å². The van der Waals surface area contributed by atoms with Gasteiger partial charge in [-0.15, -0.1) is 12.4 Å². The summed E-state index contributed by atoms with van der Waals surface area (Å²) in [7, 11) is 4.06. The van der Waals surface area contributed by atoms with Gasteiger partial charge in [-0.05, 0) is 69.9 Å². The Labute approximate surface area is 189 Å². The zero-order valence-corrected chi connectivity index (χ0v) is 19.9. The fourth-order valence-corrected chi connectivity index (χ4v) is 4.71. The van der Waals surface area contributed by atoms with E-state index in [0.29, 0.717) is 22.3 Å². The number of hydrogen-bond acceptors (Lipinski definition) is 4. The third-order valence-corrected chi connectivity index (χ3v) is 5.91. The average Bonchev–Trinajstić information content (AvgIpc) is 3.02. The van der Waals surface area contributed by atoms with E-state index >= 15 is 0 Å². The molecule has 1 aromatic heterocycles. The molecule has 0 aliphatic heterocycles. The van der Waals surface area contributed by atoms with Gasteiger partial charge in [-0.3, -0.25) is 9.69 Å². The van der Waals surface area contributed by atoms with Gasteiger partial charge in [0.15, 0.2) is 5.13 Å². The van der Waals surface area contributed by atoms with Crippen LogP contribution < -0.4 is 4.90 Å². The van der Waals surface area contributed by atoms with Crippen molar-refractivity contribution in [2.24, 2.45) is 0 Å². The molecule has 150 valence electrons. The van der Waals surface area contributed by atoms with E-state index in [9.17, 15) is 4.79 Å². The number of aromatic nitrogens is 1. The van der Waals surface area contributed by atoms with Crippen LogP contribution in [-0.4, -0.2) is 43.0 Å². The molecule has 0 aliphatic rings. The molecule has 0 saturated carbocycles. The minimum Gasteiger partial charge on any atom is -0.309 e. The van der Waals surface area contributed by atoms with Gasteiger partial charge in [0.25, 0.3) is 5.91 Å². The van der Waals surface area contributed by atoms with Crippen molar-refractivity contribution in [2.75, 3.05) is 32.1 Å². The molecule has 28 heavy (non-hydrogen) atoms. The summed E-state index contributed by atoms with van der Waals surface area (Å²) in [4.78, 5) is 21.9. The van der Waals surface area contributed by atoms with Gasteiger partial charge in [-0.1, -0.05) is 44.9 Å². The molecular formula is C20H22BrCl2N3OS. The van der Waals surface area contributed by atoms with E-state index in [1.165, 1.54) is 11.3 Å². The van der Waals surface area contributed by atoms with E-state index in [-0.39, 0.29) is 18.3 Å². The van der Waals surface area contributed by atoms with Crippen LogP contribution in [0.2, 0.25) is 5.02 Å². The number of thiazole rings is 1. The molecule has 0 radical (unpaired) electrons. The molecule has 1 amide bonds. The van der Waals surface area contributed by atoms with Crippen molar-refractivity contribution in [3.05, 3.63) is 57.0 Å². The highest BCUT2D eigenvalue weighted by molar-refractivity contribution is 9.10. The van der Waals surface area contributed by atoms with Gasteiger partial charge in [-0.25, -0.2) is 4.98 Å². The van der Waals surface area contributed by atoms with Crippen LogP contribution in [0.1, 0.15) is 22.3 Å². The highest BCUT2D eigenvalue weighted by Crippen LogP contribution is 2.33. The molecule has 4 nitrogen and oxygen atoms in total. The summed E-state index contributed by atoms with van der Waals surface area (Å²) in [5.41, 5.74) is 2.56. The lowest BCUT2D eigenvalue weighted by molar-refractivity contribution is 0.0986. The monoisotopic (exact) mass is 501 g/mol. The summed E-state index contributed by atoms with van der Waals surface area (Å²) in [5, 5.41) is 1.40. The number of hydrogen-bond donors (Lipinski definition) is 0. The lowest BCUT2D eigenvalue weighted by Crippen LogP contribution is -2.33. The Morgan fingerprint density at radius 3 is 2.64 bits per heavy atom. The number of nitrogens with zero attached hydrogens (tertiary/aromatic N) is 3. The van der Waals surface area contributed by atoms with E-state index < -0.39 is 0 Å². The normalized spacial score (nSPS) is 10.9. The fraction of sp³-hybridized carbons (Fsp3) is 0.300. The summed E-state index contributed by atoms with van der Waals surface area (Å²) >= 11 is 11.1. The van der Waals surface area contributed by atoms with Gasteiger partial charge in [0.2, 0.25) is 0 Å². The number of carbonyl (C=O) groups excluding carboxylic acids is 1. The van der Waals surface area contributed by atoms with Crippen LogP contribution in [0.25, 0.3) is 10.2 Å². The first-order valence-corrected chi connectivity index (χ1v) is 10.6. The lowest BCUT2D eigenvalue weighted by Gasteiger charge is -2.21. The third kappa shape index (κ3) is 5.45. The second kappa shape index (κ2) is 10.0. The number of amides is 1.